The van der Waals surface area contributed by atoms with Gasteiger partial charge in [-0.25, -0.2) is 13.6 Å². The van der Waals surface area contributed by atoms with Crippen molar-refractivity contribution in [1.29, 1.82) is 0 Å². The summed E-state index contributed by atoms with van der Waals surface area (Å²) in [6.07, 6.45) is -4.40. The molecule has 7 nitrogen and oxygen atoms in total. The lowest BCUT2D eigenvalue weighted by molar-refractivity contribution is -0.120. The van der Waals surface area contributed by atoms with E-state index in [1.165, 1.54) is 6.92 Å². The molecular formula is C16H19F2N3O4. The van der Waals surface area contributed by atoms with Crippen LogP contribution in [0.1, 0.15) is 18.5 Å². The van der Waals surface area contributed by atoms with Crippen molar-refractivity contribution in [2.24, 2.45) is 0 Å². The number of benzene rings is 1. The molecule has 3 unspecified atom stereocenters. The summed E-state index contributed by atoms with van der Waals surface area (Å²) < 4.78 is 38.2. The van der Waals surface area contributed by atoms with Crippen molar-refractivity contribution in [3.63, 3.8) is 0 Å². The normalized spacial score (nSPS) is 27.4. The Bertz CT molecular complexity index is 650. The number of ether oxygens (including phenoxy) is 2. The largest absolute Gasteiger partial charge is 0.442 e. The van der Waals surface area contributed by atoms with Gasteiger partial charge in [0.2, 0.25) is 5.91 Å². The van der Waals surface area contributed by atoms with Gasteiger partial charge in [0.1, 0.15) is 6.10 Å². The van der Waals surface area contributed by atoms with Gasteiger partial charge in [0.25, 0.3) is 0 Å². The Balaban J connectivity index is 1.89. The lowest BCUT2D eigenvalue weighted by Crippen LogP contribution is -2.48. The molecule has 2 N–H and O–H groups in total. The van der Waals surface area contributed by atoms with Gasteiger partial charge in [-0.3, -0.25) is 4.79 Å². The number of alkyl carbamates (subject to hydrolysis) is 1. The molecule has 0 radical (unpaired) electrons. The maximum atomic E-state index is 14.1. The molecule has 2 amide bonds. The van der Waals surface area contributed by atoms with Crippen molar-refractivity contribution in [3.8, 4) is 0 Å². The van der Waals surface area contributed by atoms with E-state index in [0.29, 0.717) is 11.3 Å². The van der Waals surface area contributed by atoms with Crippen LogP contribution in [0, 0.1) is 0 Å². The Labute approximate surface area is 143 Å². The zero-order valence-electron chi connectivity index (χ0n) is 13.6. The predicted molar refractivity (Wildman–Crippen MR) is 84.4 cm³/mol. The number of rotatable bonds is 4. The first-order valence-corrected chi connectivity index (χ1v) is 7.91. The smallest absolute Gasteiger partial charge is 0.407 e. The molecule has 0 bridgehead atoms. The van der Waals surface area contributed by atoms with Crippen LogP contribution in [0.2, 0.25) is 0 Å². The number of nitrogens with one attached hydrogen (secondary N) is 2. The Morgan fingerprint density at radius 1 is 1.36 bits per heavy atom. The van der Waals surface area contributed by atoms with Crippen molar-refractivity contribution in [1.82, 2.24) is 10.6 Å². The van der Waals surface area contributed by atoms with Gasteiger partial charge in [-0.15, -0.1) is 0 Å². The van der Waals surface area contributed by atoms with Gasteiger partial charge in [0.15, 0.2) is 12.6 Å². The molecule has 0 saturated carbocycles. The van der Waals surface area contributed by atoms with E-state index in [1.807, 2.05) is 0 Å². The Morgan fingerprint density at radius 2 is 2.08 bits per heavy atom. The number of anilines is 1. The second-order valence-corrected chi connectivity index (χ2v) is 5.91. The summed E-state index contributed by atoms with van der Waals surface area (Å²) in [6, 6.07) is 5.87. The molecule has 2 saturated heterocycles. The zero-order valence-corrected chi connectivity index (χ0v) is 13.6. The molecule has 9 heteroatoms. The SMILES string of the molecule is CC(=O)N[C@@H](c1cccc(N2C(F)COCC2F)c1)C1CNC(=O)O1. The summed E-state index contributed by atoms with van der Waals surface area (Å²) in [4.78, 5) is 23.8. The number of alkyl halides is 2. The molecule has 2 fully saturated rings. The molecule has 4 atom stereocenters. The standard InChI is InChI=1S/C16H19F2N3O4/c1-9(22)20-15(12-6-19-16(23)25-12)10-3-2-4-11(5-10)21-13(17)7-24-8-14(21)18/h2-5,12-15H,6-8H2,1H3,(H,19,23)(H,20,22)/t12?,13?,14?,15-/m0/s1. The number of cyclic esters (lactones) is 1. The molecule has 0 spiro atoms. The summed E-state index contributed by atoms with van der Waals surface area (Å²) in [5.41, 5.74) is 0.911. The second-order valence-electron chi connectivity index (χ2n) is 5.91. The summed E-state index contributed by atoms with van der Waals surface area (Å²) >= 11 is 0. The van der Waals surface area contributed by atoms with Crippen LogP contribution in [0.5, 0.6) is 0 Å². The minimum absolute atomic E-state index is 0.218. The number of carbonyl (C=O) groups is 2. The minimum Gasteiger partial charge on any atom is -0.442 e. The first-order chi connectivity index (χ1) is 12.0. The molecule has 0 aliphatic carbocycles. The van der Waals surface area contributed by atoms with Crippen LogP contribution in [-0.2, 0) is 14.3 Å². The van der Waals surface area contributed by atoms with Gasteiger partial charge >= 0.3 is 6.09 Å². The van der Waals surface area contributed by atoms with E-state index in [-0.39, 0.29) is 25.7 Å². The van der Waals surface area contributed by atoms with Gasteiger partial charge in [-0.2, -0.15) is 0 Å². The lowest BCUT2D eigenvalue weighted by atomic mass is 10.00. The number of nitrogens with zero attached hydrogens (tertiary/aromatic N) is 1. The highest BCUT2D eigenvalue weighted by atomic mass is 19.2. The highest BCUT2D eigenvalue weighted by Crippen LogP contribution is 2.30. The molecule has 1 aromatic rings. The fourth-order valence-corrected chi connectivity index (χ4v) is 3.00. The summed E-state index contributed by atoms with van der Waals surface area (Å²) in [6.45, 7) is 1.13. The maximum Gasteiger partial charge on any atom is 0.407 e. The molecule has 136 valence electrons. The van der Waals surface area contributed by atoms with Gasteiger partial charge in [-0.1, -0.05) is 12.1 Å². The third-order valence-corrected chi connectivity index (χ3v) is 4.08. The van der Waals surface area contributed by atoms with Crippen molar-refractivity contribution in [2.45, 2.75) is 31.7 Å². The van der Waals surface area contributed by atoms with Crippen molar-refractivity contribution in [3.05, 3.63) is 29.8 Å². The summed E-state index contributed by atoms with van der Waals surface area (Å²) in [5, 5.41) is 5.25. The molecule has 2 heterocycles. The van der Waals surface area contributed by atoms with E-state index in [2.05, 4.69) is 10.6 Å². The van der Waals surface area contributed by atoms with Crippen LogP contribution in [0.3, 0.4) is 0 Å². The molecule has 2 aliphatic rings. The lowest BCUT2D eigenvalue weighted by Gasteiger charge is -2.35. The first kappa shape index (κ1) is 17.4. The number of amides is 2. The number of halogens is 2. The predicted octanol–water partition coefficient (Wildman–Crippen LogP) is 1.40. The third-order valence-electron chi connectivity index (χ3n) is 4.08. The zero-order chi connectivity index (χ0) is 18.0. The van der Waals surface area contributed by atoms with Crippen LogP contribution in [0.25, 0.3) is 0 Å². The summed E-state index contributed by atoms with van der Waals surface area (Å²) in [7, 11) is 0. The van der Waals surface area contributed by atoms with Crippen LogP contribution >= 0.6 is 0 Å². The van der Waals surface area contributed by atoms with Crippen molar-refractivity contribution < 1.29 is 27.8 Å². The van der Waals surface area contributed by atoms with E-state index in [9.17, 15) is 18.4 Å². The van der Waals surface area contributed by atoms with E-state index in [0.717, 1.165) is 4.90 Å². The van der Waals surface area contributed by atoms with Crippen LogP contribution < -0.4 is 15.5 Å². The maximum absolute atomic E-state index is 14.1. The minimum atomic E-state index is -1.61. The second kappa shape index (κ2) is 7.22. The van der Waals surface area contributed by atoms with E-state index in [4.69, 9.17) is 9.47 Å². The number of morpholine rings is 1. The number of hydrogen-bond donors (Lipinski definition) is 2. The van der Waals surface area contributed by atoms with Crippen LogP contribution in [0.4, 0.5) is 19.3 Å². The Morgan fingerprint density at radius 3 is 2.68 bits per heavy atom. The van der Waals surface area contributed by atoms with Gasteiger partial charge < -0.3 is 25.0 Å². The number of hydrogen-bond acceptors (Lipinski definition) is 5. The van der Waals surface area contributed by atoms with E-state index >= 15 is 0 Å². The van der Waals surface area contributed by atoms with Crippen LogP contribution in [-0.4, -0.2) is 50.5 Å². The van der Waals surface area contributed by atoms with Gasteiger partial charge in [-0.05, 0) is 17.7 Å². The highest BCUT2D eigenvalue weighted by molar-refractivity contribution is 5.74. The summed E-state index contributed by atoms with van der Waals surface area (Å²) in [5.74, 6) is -0.309. The monoisotopic (exact) mass is 355 g/mol. The molecule has 0 aromatic heterocycles. The first-order valence-electron chi connectivity index (χ1n) is 7.91. The molecular weight excluding hydrogens is 336 g/mol. The highest BCUT2D eigenvalue weighted by Gasteiger charge is 2.35. The van der Waals surface area contributed by atoms with E-state index < -0.39 is 30.8 Å². The van der Waals surface area contributed by atoms with Crippen molar-refractivity contribution in [2.75, 3.05) is 24.7 Å². The molecule has 1 aromatic carbocycles. The average molecular weight is 355 g/mol. The van der Waals surface area contributed by atoms with E-state index in [1.54, 1.807) is 24.3 Å². The van der Waals surface area contributed by atoms with Crippen LogP contribution in [0.15, 0.2) is 24.3 Å². The molecule has 3 rings (SSSR count). The topological polar surface area (TPSA) is 79.9 Å². The molecule has 2 aliphatic heterocycles. The van der Waals surface area contributed by atoms with Gasteiger partial charge in [0.05, 0.1) is 25.8 Å². The fourth-order valence-electron chi connectivity index (χ4n) is 3.00. The average Bonchev–Trinajstić information content (AvgIpc) is 2.99. The van der Waals surface area contributed by atoms with Crippen molar-refractivity contribution >= 4 is 17.7 Å². The Kier molecular flexibility index (Phi) is 5.03. The third kappa shape index (κ3) is 3.81. The molecule has 25 heavy (non-hydrogen) atoms. The Hall–Kier alpha value is -2.42. The number of carbonyl (C=O) groups excluding carboxylic acids is 2. The fraction of sp³-hybridized carbons (Fsp3) is 0.500. The van der Waals surface area contributed by atoms with Gasteiger partial charge in [0, 0.05) is 12.6 Å². The quantitative estimate of drug-likeness (QED) is 0.798.